The number of rotatable bonds is 2. The lowest BCUT2D eigenvalue weighted by molar-refractivity contribution is 0.104. The summed E-state index contributed by atoms with van der Waals surface area (Å²) in [5, 5.41) is 0.509. The number of thiophene rings is 2. The summed E-state index contributed by atoms with van der Waals surface area (Å²) in [7, 11) is 0. The first kappa shape index (κ1) is 15.2. The summed E-state index contributed by atoms with van der Waals surface area (Å²) < 4.78 is 0.491. The van der Waals surface area contributed by atoms with Crippen LogP contribution in [-0.2, 0) is 0 Å². The van der Waals surface area contributed by atoms with Gasteiger partial charge in [-0.2, -0.15) is 0 Å². The van der Waals surface area contributed by atoms with Crippen molar-refractivity contribution >= 4 is 98.1 Å². The largest absolute Gasteiger partial charge is 0.287 e. The molecule has 2 rings (SSSR count). The Morgan fingerprint density at radius 3 is 1.22 bits per heavy atom. The highest BCUT2D eigenvalue weighted by molar-refractivity contribution is 7.22. The average Bonchev–Trinajstić information content (AvgIpc) is 2.74. The molecule has 0 aliphatic rings. The van der Waals surface area contributed by atoms with E-state index < -0.39 is 5.78 Å². The van der Waals surface area contributed by atoms with E-state index in [1.54, 1.807) is 0 Å². The molecule has 0 saturated heterocycles. The van der Waals surface area contributed by atoms with Crippen LogP contribution in [0.25, 0.3) is 0 Å². The van der Waals surface area contributed by atoms with Crippen molar-refractivity contribution in [3.8, 4) is 0 Å². The fourth-order valence-corrected chi connectivity index (χ4v) is 4.69. The van der Waals surface area contributed by atoms with Crippen molar-refractivity contribution in [1.82, 2.24) is 0 Å². The lowest BCUT2D eigenvalue weighted by atomic mass is 10.3. The highest BCUT2D eigenvalue weighted by atomic mass is 35.5. The van der Waals surface area contributed by atoms with Gasteiger partial charge in [-0.15, -0.1) is 22.7 Å². The molecule has 96 valence electrons. The summed E-state index contributed by atoms with van der Waals surface area (Å²) in [6.07, 6.45) is 0. The van der Waals surface area contributed by atoms with E-state index in [0.29, 0.717) is 0 Å². The zero-order valence-corrected chi connectivity index (χ0v) is 14.2. The second-order valence-corrected chi connectivity index (χ2v) is 7.75. The Labute approximate surface area is 140 Å². The van der Waals surface area contributed by atoms with Gasteiger partial charge in [-0.25, -0.2) is 0 Å². The molecular formula is C9Cl6OS2. The number of ketones is 1. The highest BCUT2D eigenvalue weighted by Crippen LogP contribution is 2.45. The summed E-state index contributed by atoms with van der Waals surface area (Å²) in [5.74, 6) is -0.400. The van der Waals surface area contributed by atoms with Crippen molar-refractivity contribution in [3.05, 3.63) is 38.5 Å². The minimum absolute atomic E-state index is 0.105. The molecular weight excluding hydrogens is 401 g/mol. The molecule has 0 fully saturated rings. The zero-order chi connectivity index (χ0) is 13.6. The number of carbonyl (C=O) groups is 1. The van der Waals surface area contributed by atoms with Crippen LogP contribution in [0, 0.1) is 0 Å². The van der Waals surface area contributed by atoms with Crippen molar-refractivity contribution < 1.29 is 4.79 Å². The average molecular weight is 401 g/mol. The Hall–Kier alpha value is 0.810. The Balaban J connectivity index is 2.55. The van der Waals surface area contributed by atoms with Crippen LogP contribution >= 0.6 is 92.3 Å². The predicted octanol–water partition coefficient (Wildman–Crippen LogP) is 6.96. The fourth-order valence-electron chi connectivity index (χ4n) is 1.13. The van der Waals surface area contributed by atoms with Gasteiger partial charge >= 0.3 is 0 Å². The van der Waals surface area contributed by atoms with Gasteiger partial charge in [-0.1, -0.05) is 69.6 Å². The molecule has 2 aromatic rings. The molecule has 1 nitrogen and oxygen atoms in total. The maximum atomic E-state index is 12.2. The fraction of sp³-hybridized carbons (Fsp3) is 0. The maximum absolute atomic E-state index is 12.2. The highest BCUT2D eigenvalue weighted by Gasteiger charge is 2.26. The quantitative estimate of drug-likeness (QED) is 0.498. The minimum Gasteiger partial charge on any atom is -0.287 e. The van der Waals surface area contributed by atoms with E-state index in [1.165, 1.54) is 0 Å². The van der Waals surface area contributed by atoms with Crippen LogP contribution in [-0.4, -0.2) is 5.78 Å². The van der Waals surface area contributed by atoms with Crippen LogP contribution in [0.15, 0.2) is 0 Å². The second kappa shape index (κ2) is 5.66. The number of carbonyl (C=O) groups excluding carboxylic acids is 1. The number of hydrogen-bond acceptors (Lipinski definition) is 3. The van der Waals surface area contributed by atoms with Gasteiger partial charge in [-0.05, 0) is 0 Å². The van der Waals surface area contributed by atoms with E-state index in [9.17, 15) is 4.79 Å². The Bertz CT molecular complexity index is 590. The van der Waals surface area contributed by atoms with Gasteiger partial charge in [-0.3, -0.25) is 4.79 Å². The molecule has 0 aliphatic carbocycles. The zero-order valence-electron chi connectivity index (χ0n) is 7.99. The van der Waals surface area contributed by atoms with Crippen LogP contribution < -0.4 is 0 Å². The second-order valence-electron chi connectivity index (χ2n) is 2.99. The lowest BCUT2D eigenvalue weighted by Crippen LogP contribution is -1.96. The predicted molar refractivity (Wildman–Crippen MR) is 82.1 cm³/mol. The first-order valence-electron chi connectivity index (χ1n) is 4.15. The smallest absolute Gasteiger partial charge is 0.216 e. The summed E-state index contributed by atoms with van der Waals surface area (Å²) in [4.78, 5) is 12.7. The van der Waals surface area contributed by atoms with Gasteiger partial charge in [0.2, 0.25) is 5.78 Å². The third-order valence-electron chi connectivity index (χ3n) is 1.93. The van der Waals surface area contributed by atoms with Gasteiger partial charge < -0.3 is 0 Å². The van der Waals surface area contributed by atoms with Crippen LogP contribution in [0.5, 0.6) is 0 Å². The molecule has 0 N–H and O–H groups in total. The molecule has 0 aliphatic heterocycles. The van der Waals surface area contributed by atoms with E-state index in [2.05, 4.69) is 0 Å². The number of hydrogen-bond donors (Lipinski definition) is 0. The standard InChI is InChI=1S/C9Cl6OS2/c10-1-3(12)8(14)17-6(1)5(16)7-2(11)4(13)9(15)18-7. The van der Waals surface area contributed by atoms with Gasteiger partial charge in [0, 0.05) is 0 Å². The van der Waals surface area contributed by atoms with Crippen molar-refractivity contribution in [3.63, 3.8) is 0 Å². The Kier molecular flexibility index (Phi) is 4.78. The maximum Gasteiger partial charge on any atom is 0.216 e. The Morgan fingerprint density at radius 2 is 1.00 bits per heavy atom. The van der Waals surface area contributed by atoms with E-state index in [-0.39, 0.29) is 38.5 Å². The molecule has 2 aromatic heterocycles. The van der Waals surface area contributed by atoms with Crippen molar-refractivity contribution in [2.45, 2.75) is 0 Å². The molecule has 2 heterocycles. The molecule has 18 heavy (non-hydrogen) atoms. The SMILES string of the molecule is O=C(c1sc(Cl)c(Cl)c1Cl)c1sc(Cl)c(Cl)c1Cl. The molecule has 0 radical (unpaired) electrons. The first-order valence-corrected chi connectivity index (χ1v) is 8.06. The molecule has 0 amide bonds. The van der Waals surface area contributed by atoms with Gasteiger partial charge in [0.1, 0.15) is 8.67 Å². The molecule has 0 bridgehead atoms. The minimum atomic E-state index is -0.400. The van der Waals surface area contributed by atoms with E-state index in [1.807, 2.05) is 0 Å². The van der Waals surface area contributed by atoms with Crippen LogP contribution in [0.1, 0.15) is 14.5 Å². The van der Waals surface area contributed by atoms with E-state index in [0.717, 1.165) is 22.7 Å². The monoisotopic (exact) mass is 398 g/mol. The molecule has 9 heteroatoms. The molecule has 0 saturated carbocycles. The third kappa shape index (κ3) is 2.52. The molecule has 0 aromatic carbocycles. The lowest BCUT2D eigenvalue weighted by Gasteiger charge is -1.96. The van der Waals surface area contributed by atoms with Crippen LogP contribution in [0.3, 0.4) is 0 Å². The van der Waals surface area contributed by atoms with Crippen LogP contribution in [0.2, 0.25) is 28.8 Å². The van der Waals surface area contributed by atoms with E-state index in [4.69, 9.17) is 69.6 Å². The van der Waals surface area contributed by atoms with Gasteiger partial charge in [0.15, 0.2) is 0 Å². The molecule has 0 unspecified atom stereocenters. The third-order valence-corrected chi connectivity index (χ3v) is 7.07. The topological polar surface area (TPSA) is 17.1 Å². The van der Waals surface area contributed by atoms with E-state index >= 15 is 0 Å². The summed E-state index contributed by atoms with van der Waals surface area (Å²) in [5.41, 5.74) is 0. The first-order chi connectivity index (χ1) is 8.34. The number of halogens is 6. The molecule has 0 atom stereocenters. The normalized spacial score (nSPS) is 11.0. The Morgan fingerprint density at radius 1 is 0.667 bits per heavy atom. The van der Waals surface area contributed by atoms with Crippen molar-refractivity contribution in [2.24, 2.45) is 0 Å². The summed E-state index contributed by atoms with van der Waals surface area (Å²) in [6.45, 7) is 0. The van der Waals surface area contributed by atoms with Crippen molar-refractivity contribution in [1.29, 1.82) is 0 Å². The summed E-state index contributed by atoms with van der Waals surface area (Å²) >= 11 is 37.1. The van der Waals surface area contributed by atoms with Gasteiger partial charge in [0.05, 0.1) is 29.8 Å². The molecule has 0 spiro atoms. The van der Waals surface area contributed by atoms with Gasteiger partial charge in [0.25, 0.3) is 0 Å². The van der Waals surface area contributed by atoms with Crippen molar-refractivity contribution in [2.75, 3.05) is 0 Å². The summed E-state index contributed by atoms with van der Waals surface area (Å²) in [6, 6.07) is 0. The van der Waals surface area contributed by atoms with Crippen LogP contribution in [0.4, 0.5) is 0 Å².